The minimum Gasteiger partial charge on any atom is -0.473 e. The van der Waals surface area contributed by atoms with E-state index in [1.54, 1.807) is 18.3 Å². The van der Waals surface area contributed by atoms with Crippen molar-refractivity contribution >= 4 is 11.6 Å². The number of carbonyl (C=O) groups excluding carboxylic acids is 1. The Labute approximate surface area is 114 Å². The highest BCUT2D eigenvalue weighted by Crippen LogP contribution is 2.23. The third-order valence-electron chi connectivity index (χ3n) is 3.08. The van der Waals surface area contributed by atoms with E-state index in [0.29, 0.717) is 24.4 Å². The van der Waals surface area contributed by atoms with E-state index in [4.69, 9.17) is 10.5 Å². The molecule has 19 heavy (non-hydrogen) atoms. The molecule has 0 aliphatic heterocycles. The number of nitrogens with two attached hydrogens (primary N) is 1. The Balaban J connectivity index is 2.90. The van der Waals surface area contributed by atoms with Gasteiger partial charge in [0.2, 0.25) is 11.8 Å². The SMILES string of the molecule is CCC(N)(CC)C(=O)Nc1cccnc1OC(C)C. The highest BCUT2D eigenvalue weighted by molar-refractivity contribution is 5.98. The van der Waals surface area contributed by atoms with Crippen molar-refractivity contribution in [2.45, 2.75) is 52.2 Å². The van der Waals surface area contributed by atoms with Crippen LogP contribution in [-0.4, -0.2) is 22.5 Å². The van der Waals surface area contributed by atoms with Crippen molar-refractivity contribution in [3.63, 3.8) is 0 Å². The summed E-state index contributed by atoms with van der Waals surface area (Å²) in [6.45, 7) is 7.62. The van der Waals surface area contributed by atoms with E-state index in [-0.39, 0.29) is 12.0 Å². The van der Waals surface area contributed by atoms with Gasteiger partial charge >= 0.3 is 0 Å². The van der Waals surface area contributed by atoms with Crippen LogP contribution in [0.5, 0.6) is 5.88 Å². The van der Waals surface area contributed by atoms with Crippen molar-refractivity contribution in [1.82, 2.24) is 4.98 Å². The van der Waals surface area contributed by atoms with Crippen molar-refractivity contribution < 1.29 is 9.53 Å². The predicted molar refractivity (Wildman–Crippen MR) is 76.1 cm³/mol. The smallest absolute Gasteiger partial charge is 0.244 e. The van der Waals surface area contributed by atoms with Gasteiger partial charge in [-0.3, -0.25) is 4.79 Å². The lowest BCUT2D eigenvalue weighted by molar-refractivity contribution is -0.121. The second-order valence-corrected chi connectivity index (χ2v) is 4.84. The Morgan fingerprint density at radius 3 is 2.63 bits per heavy atom. The molecule has 1 aromatic rings. The van der Waals surface area contributed by atoms with Crippen LogP contribution in [-0.2, 0) is 4.79 Å². The van der Waals surface area contributed by atoms with Crippen LogP contribution in [0.15, 0.2) is 18.3 Å². The van der Waals surface area contributed by atoms with Gasteiger partial charge in [-0.25, -0.2) is 4.98 Å². The van der Waals surface area contributed by atoms with E-state index >= 15 is 0 Å². The van der Waals surface area contributed by atoms with Crippen molar-refractivity contribution in [3.05, 3.63) is 18.3 Å². The van der Waals surface area contributed by atoms with Crippen molar-refractivity contribution in [1.29, 1.82) is 0 Å². The first-order valence-corrected chi connectivity index (χ1v) is 6.65. The lowest BCUT2D eigenvalue weighted by Gasteiger charge is -2.25. The van der Waals surface area contributed by atoms with E-state index < -0.39 is 5.54 Å². The third kappa shape index (κ3) is 3.92. The summed E-state index contributed by atoms with van der Waals surface area (Å²) in [5, 5.41) is 2.81. The fraction of sp³-hybridized carbons (Fsp3) is 0.571. The number of amides is 1. The predicted octanol–water partition coefficient (Wildman–Crippen LogP) is 2.32. The zero-order valence-electron chi connectivity index (χ0n) is 12.1. The molecule has 106 valence electrons. The molecule has 5 heteroatoms. The van der Waals surface area contributed by atoms with E-state index in [2.05, 4.69) is 10.3 Å². The largest absolute Gasteiger partial charge is 0.473 e. The van der Waals surface area contributed by atoms with Crippen LogP contribution in [0.1, 0.15) is 40.5 Å². The number of nitrogens with zero attached hydrogens (tertiary/aromatic N) is 1. The average Bonchev–Trinajstić information content (AvgIpc) is 2.39. The summed E-state index contributed by atoms with van der Waals surface area (Å²) in [6.07, 6.45) is 2.78. The van der Waals surface area contributed by atoms with E-state index in [1.165, 1.54) is 0 Å². The van der Waals surface area contributed by atoms with Gasteiger partial charge in [-0.05, 0) is 38.8 Å². The number of ether oxygens (including phenoxy) is 1. The average molecular weight is 265 g/mol. The molecule has 1 heterocycles. The number of nitrogens with one attached hydrogen (secondary N) is 1. The molecule has 0 bridgehead atoms. The van der Waals surface area contributed by atoms with Gasteiger partial charge in [0.1, 0.15) is 5.69 Å². The Morgan fingerprint density at radius 2 is 2.11 bits per heavy atom. The normalized spacial score (nSPS) is 11.5. The third-order valence-corrected chi connectivity index (χ3v) is 3.08. The minimum absolute atomic E-state index is 0.00876. The quantitative estimate of drug-likeness (QED) is 0.827. The Kier molecular flexibility index (Phi) is 5.30. The topological polar surface area (TPSA) is 77.2 Å². The molecule has 0 aromatic carbocycles. The number of carbonyl (C=O) groups is 1. The summed E-state index contributed by atoms with van der Waals surface area (Å²) in [4.78, 5) is 16.3. The van der Waals surface area contributed by atoms with Crippen LogP contribution in [0, 0.1) is 0 Å². The Hall–Kier alpha value is -1.62. The molecule has 0 atom stereocenters. The first-order valence-electron chi connectivity index (χ1n) is 6.65. The van der Waals surface area contributed by atoms with Gasteiger partial charge in [0, 0.05) is 6.20 Å². The van der Waals surface area contributed by atoms with Gasteiger partial charge in [-0.15, -0.1) is 0 Å². The van der Waals surface area contributed by atoms with Gasteiger partial charge in [0.15, 0.2) is 0 Å². The monoisotopic (exact) mass is 265 g/mol. The molecule has 0 saturated carbocycles. The molecule has 0 fully saturated rings. The lowest BCUT2D eigenvalue weighted by atomic mass is 9.93. The number of hydrogen-bond acceptors (Lipinski definition) is 4. The molecule has 3 N–H and O–H groups in total. The van der Waals surface area contributed by atoms with Crippen LogP contribution in [0.2, 0.25) is 0 Å². The van der Waals surface area contributed by atoms with Crippen molar-refractivity contribution in [2.75, 3.05) is 5.32 Å². The second kappa shape index (κ2) is 6.52. The molecular formula is C14H23N3O2. The van der Waals surface area contributed by atoms with Crippen molar-refractivity contribution in [2.24, 2.45) is 5.73 Å². The van der Waals surface area contributed by atoms with Gasteiger partial charge in [-0.2, -0.15) is 0 Å². The summed E-state index contributed by atoms with van der Waals surface area (Å²) in [7, 11) is 0. The molecule has 0 radical (unpaired) electrons. The number of rotatable bonds is 6. The summed E-state index contributed by atoms with van der Waals surface area (Å²) in [5.41, 5.74) is 5.76. The van der Waals surface area contributed by atoms with Crippen molar-refractivity contribution in [3.8, 4) is 5.88 Å². The standard InChI is InChI=1S/C14H23N3O2/c1-5-14(15,6-2)13(18)17-11-8-7-9-16-12(11)19-10(3)4/h7-10H,5-6,15H2,1-4H3,(H,17,18). The Morgan fingerprint density at radius 1 is 1.47 bits per heavy atom. The van der Waals surface area contributed by atoms with Crippen LogP contribution >= 0.6 is 0 Å². The lowest BCUT2D eigenvalue weighted by Crippen LogP contribution is -2.50. The van der Waals surface area contributed by atoms with Crippen LogP contribution in [0.25, 0.3) is 0 Å². The highest BCUT2D eigenvalue weighted by Gasteiger charge is 2.30. The van der Waals surface area contributed by atoms with E-state index in [1.807, 2.05) is 27.7 Å². The molecule has 1 amide bonds. The summed E-state index contributed by atoms with van der Waals surface area (Å²) in [5.74, 6) is 0.208. The molecule has 0 spiro atoms. The summed E-state index contributed by atoms with van der Waals surface area (Å²) < 4.78 is 5.56. The van der Waals surface area contributed by atoms with Gasteiger partial charge in [0.25, 0.3) is 0 Å². The second-order valence-electron chi connectivity index (χ2n) is 4.84. The molecule has 0 saturated heterocycles. The highest BCUT2D eigenvalue weighted by atomic mass is 16.5. The fourth-order valence-corrected chi connectivity index (χ4v) is 1.62. The van der Waals surface area contributed by atoms with Crippen LogP contribution in [0.4, 0.5) is 5.69 Å². The molecule has 0 unspecified atom stereocenters. The summed E-state index contributed by atoms with van der Waals surface area (Å²) >= 11 is 0. The van der Waals surface area contributed by atoms with Gasteiger partial charge in [-0.1, -0.05) is 13.8 Å². The zero-order chi connectivity index (χ0) is 14.5. The zero-order valence-corrected chi connectivity index (χ0v) is 12.1. The maximum atomic E-state index is 12.2. The number of aromatic nitrogens is 1. The van der Waals surface area contributed by atoms with Crippen LogP contribution in [0.3, 0.4) is 0 Å². The maximum Gasteiger partial charge on any atom is 0.244 e. The molecule has 0 aliphatic carbocycles. The first kappa shape index (κ1) is 15.4. The Bertz CT molecular complexity index is 428. The van der Waals surface area contributed by atoms with E-state index in [9.17, 15) is 4.79 Å². The fourth-order valence-electron chi connectivity index (χ4n) is 1.62. The molecule has 0 aliphatic rings. The van der Waals surface area contributed by atoms with Gasteiger partial charge < -0.3 is 15.8 Å². The molecule has 1 rings (SSSR count). The molecule has 1 aromatic heterocycles. The van der Waals surface area contributed by atoms with Crippen LogP contribution < -0.4 is 15.8 Å². The van der Waals surface area contributed by atoms with E-state index in [0.717, 1.165) is 0 Å². The number of hydrogen-bond donors (Lipinski definition) is 2. The molecule has 5 nitrogen and oxygen atoms in total. The minimum atomic E-state index is -0.856. The number of anilines is 1. The van der Waals surface area contributed by atoms with Gasteiger partial charge in [0.05, 0.1) is 11.6 Å². The first-order chi connectivity index (χ1) is 8.92. The summed E-state index contributed by atoms with van der Waals surface area (Å²) in [6, 6.07) is 3.51. The molecular weight excluding hydrogens is 242 g/mol. The number of pyridine rings is 1. The maximum absolute atomic E-state index is 12.2.